The van der Waals surface area contributed by atoms with Gasteiger partial charge in [0.1, 0.15) is 5.15 Å². The molecule has 2 rings (SSSR count). The molecule has 102 valence electrons. The van der Waals surface area contributed by atoms with Crippen LogP contribution in [0.2, 0.25) is 5.15 Å². The fourth-order valence-corrected chi connectivity index (χ4v) is 2.28. The SMILES string of the molecule is CCc1nn(C)cc1-c1nc(Cl)c(Br)c(COC)n1. The Labute approximate surface area is 125 Å². The minimum absolute atomic E-state index is 0.373. The number of rotatable bonds is 4. The van der Waals surface area contributed by atoms with Gasteiger partial charge in [-0.15, -0.1) is 0 Å². The third-order valence-corrected chi connectivity index (χ3v) is 3.98. The summed E-state index contributed by atoms with van der Waals surface area (Å²) in [6.07, 6.45) is 2.71. The van der Waals surface area contributed by atoms with E-state index in [-0.39, 0.29) is 0 Å². The number of nitrogens with zero attached hydrogens (tertiary/aromatic N) is 4. The Kier molecular flexibility index (Phi) is 4.54. The van der Waals surface area contributed by atoms with Crippen LogP contribution in [-0.4, -0.2) is 26.9 Å². The summed E-state index contributed by atoms with van der Waals surface area (Å²) < 4.78 is 7.54. The molecule has 0 saturated carbocycles. The Morgan fingerprint density at radius 1 is 1.37 bits per heavy atom. The maximum absolute atomic E-state index is 6.13. The van der Waals surface area contributed by atoms with Gasteiger partial charge in [0.2, 0.25) is 0 Å². The molecule has 0 N–H and O–H groups in total. The summed E-state index contributed by atoms with van der Waals surface area (Å²) in [4.78, 5) is 8.80. The van der Waals surface area contributed by atoms with E-state index in [2.05, 4.69) is 31.0 Å². The fraction of sp³-hybridized carbons (Fsp3) is 0.417. The van der Waals surface area contributed by atoms with Crippen LogP contribution in [0.4, 0.5) is 0 Å². The molecule has 19 heavy (non-hydrogen) atoms. The van der Waals surface area contributed by atoms with Crippen molar-refractivity contribution >= 4 is 27.5 Å². The highest BCUT2D eigenvalue weighted by Gasteiger charge is 2.16. The molecule has 0 fully saturated rings. The van der Waals surface area contributed by atoms with Crippen molar-refractivity contribution in [2.45, 2.75) is 20.0 Å². The molecule has 0 aromatic carbocycles. The van der Waals surface area contributed by atoms with Crippen LogP contribution in [0.3, 0.4) is 0 Å². The lowest BCUT2D eigenvalue weighted by Gasteiger charge is -2.07. The van der Waals surface area contributed by atoms with Gasteiger partial charge in [0, 0.05) is 20.4 Å². The molecular weight excluding hydrogens is 332 g/mol. The van der Waals surface area contributed by atoms with Crippen LogP contribution in [0, 0.1) is 0 Å². The lowest BCUT2D eigenvalue weighted by molar-refractivity contribution is 0.181. The molecule has 0 unspecified atom stereocenters. The highest BCUT2D eigenvalue weighted by Crippen LogP contribution is 2.28. The van der Waals surface area contributed by atoms with E-state index in [0.29, 0.717) is 22.1 Å². The van der Waals surface area contributed by atoms with Gasteiger partial charge < -0.3 is 4.74 Å². The zero-order valence-corrected chi connectivity index (χ0v) is 13.3. The van der Waals surface area contributed by atoms with E-state index in [9.17, 15) is 0 Å². The molecule has 2 aromatic heterocycles. The minimum atomic E-state index is 0.373. The molecule has 0 atom stereocenters. The van der Waals surface area contributed by atoms with Crippen LogP contribution in [-0.2, 0) is 24.8 Å². The summed E-state index contributed by atoms with van der Waals surface area (Å²) in [6, 6.07) is 0. The third-order valence-electron chi connectivity index (χ3n) is 2.64. The number of hydrogen-bond acceptors (Lipinski definition) is 4. The highest BCUT2D eigenvalue weighted by molar-refractivity contribution is 9.10. The molecule has 5 nitrogen and oxygen atoms in total. The van der Waals surface area contributed by atoms with E-state index in [1.54, 1.807) is 11.8 Å². The van der Waals surface area contributed by atoms with E-state index in [0.717, 1.165) is 23.4 Å². The largest absolute Gasteiger partial charge is 0.378 e. The zero-order chi connectivity index (χ0) is 14.0. The molecule has 2 heterocycles. The Balaban J connectivity index is 2.55. The quantitative estimate of drug-likeness (QED) is 0.799. The number of halogens is 2. The molecule has 2 aromatic rings. The highest BCUT2D eigenvalue weighted by atomic mass is 79.9. The number of aromatic nitrogens is 4. The van der Waals surface area contributed by atoms with Crippen LogP contribution in [0.5, 0.6) is 0 Å². The lowest BCUT2D eigenvalue weighted by Crippen LogP contribution is -2.00. The lowest BCUT2D eigenvalue weighted by atomic mass is 10.2. The van der Waals surface area contributed by atoms with Gasteiger partial charge in [-0.05, 0) is 22.4 Å². The molecule has 0 aliphatic carbocycles. The third kappa shape index (κ3) is 2.96. The zero-order valence-electron chi connectivity index (χ0n) is 10.9. The topological polar surface area (TPSA) is 52.8 Å². The van der Waals surface area contributed by atoms with Gasteiger partial charge in [-0.2, -0.15) is 5.10 Å². The van der Waals surface area contributed by atoms with Crippen molar-refractivity contribution in [3.05, 3.63) is 27.2 Å². The van der Waals surface area contributed by atoms with Crippen molar-refractivity contribution in [1.29, 1.82) is 0 Å². The Morgan fingerprint density at radius 3 is 2.74 bits per heavy atom. The van der Waals surface area contributed by atoms with Crippen molar-refractivity contribution in [2.75, 3.05) is 7.11 Å². The second kappa shape index (κ2) is 5.98. The average molecular weight is 346 g/mol. The second-order valence-corrected chi connectivity index (χ2v) is 5.20. The molecule has 0 amide bonds. The standard InChI is InChI=1S/C12H14BrClN4O/c1-4-8-7(5-18(2)17-8)12-15-9(6-19-3)10(13)11(14)16-12/h5H,4,6H2,1-3H3. The van der Waals surface area contributed by atoms with Crippen LogP contribution < -0.4 is 0 Å². The normalized spacial score (nSPS) is 11.0. The van der Waals surface area contributed by atoms with Crippen molar-refractivity contribution in [2.24, 2.45) is 7.05 Å². The average Bonchev–Trinajstić information content (AvgIpc) is 2.76. The van der Waals surface area contributed by atoms with Gasteiger partial charge in [0.25, 0.3) is 0 Å². The molecule has 0 saturated heterocycles. The van der Waals surface area contributed by atoms with Gasteiger partial charge in [-0.3, -0.25) is 4.68 Å². The molecule has 0 spiro atoms. The van der Waals surface area contributed by atoms with Crippen molar-refractivity contribution in [3.8, 4) is 11.4 Å². The molecule has 0 aliphatic heterocycles. The van der Waals surface area contributed by atoms with Crippen molar-refractivity contribution in [3.63, 3.8) is 0 Å². The predicted molar refractivity (Wildman–Crippen MR) is 77.0 cm³/mol. The van der Waals surface area contributed by atoms with Crippen LogP contribution in [0.25, 0.3) is 11.4 Å². The molecule has 0 radical (unpaired) electrons. The van der Waals surface area contributed by atoms with E-state index in [1.165, 1.54) is 0 Å². The number of methoxy groups -OCH3 is 1. The van der Waals surface area contributed by atoms with Crippen molar-refractivity contribution < 1.29 is 4.74 Å². The first-order chi connectivity index (χ1) is 9.06. The Hall–Kier alpha value is -0.980. The van der Waals surface area contributed by atoms with Crippen LogP contribution in [0.1, 0.15) is 18.3 Å². The van der Waals surface area contributed by atoms with Crippen LogP contribution in [0.15, 0.2) is 10.7 Å². The van der Waals surface area contributed by atoms with Gasteiger partial charge >= 0.3 is 0 Å². The van der Waals surface area contributed by atoms with Gasteiger partial charge in [-0.1, -0.05) is 18.5 Å². The summed E-state index contributed by atoms with van der Waals surface area (Å²) in [7, 11) is 3.49. The van der Waals surface area contributed by atoms with E-state index in [1.807, 2.05) is 20.2 Å². The van der Waals surface area contributed by atoms with Gasteiger partial charge in [0.15, 0.2) is 5.82 Å². The van der Waals surface area contributed by atoms with Gasteiger partial charge in [0.05, 0.1) is 28.0 Å². The summed E-state index contributed by atoms with van der Waals surface area (Å²) in [5.74, 6) is 0.574. The summed E-state index contributed by atoms with van der Waals surface area (Å²) in [6.45, 7) is 2.42. The summed E-state index contributed by atoms with van der Waals surface area (Å²) in [5.41, 5.74) is 2.57. The Bertz CT molecular complexity index is 600. The number of ether oxygens (including phenoxy) is 1. The summed E-state index contributed by atoms with van der Waals surface area (Å²) in [5, 5.41) is 4.76. The smallest absolute Gasteiger partial charge is 0.164 e. The Morgan fingerprint density at radius 2 is 2.11 bits per heavy atom. The fourth-order valence-electron chi connectivity index (χ4n) is 1.80. The van der Waals surface area contributed by atoms with Crippen molar-refractivity contribution in [1.82, 2.24) is 19.7 Å². The van der Waals surface area contributed by atoms with E-state index in [4.69, 9.17) is 16.3 Å². The molecule has 0 aliphatic rings. The number of aryl methyl sites for hydroxylation is 2. The van der Waals surface area contributed by atoms with Gasteiger partial charge in [-0.25, -0.2) is 9.97 Å². The van der Waals surface area contributed by atoms with E-state index < -0.39 is 0 Å². The molecule has 7 heteroatoms. The maximum atomic E-state index is 6.13. The molecular formula is C12H14BrClN4O. The maximum Gasteiger partial charge on any atom is 0.164 e. The first-order valence-corrected chi connectivity index (χ1v) is 6.97. The first-order valence-electron chi connectivity index (χ1n) is 5.80. The monoisotopic (exact) mass is 344 g/mol. The number of hydrogen-bond donors (Lipinski definition) is 0. The predicted octanol–water partition coefficient (Wildman–Crippen LogP) is 3.00. The molecule has 0 bridgehead atoms. The minimum Gasteiger partial charge on any atom is -0.378 e. The van der Waals surface area contributed by atoms with Crippen LogP contribution >= 0.6 is 27.5 Å². The van der Waals surface area contributed by atoms with E-state index >= 15 is 0 Å². The first kappa shape index (κ1) is 14.4. The second-order valence-electron chi connectivity index (χ2n) is 4.05. The summed E-state index contributed by atoms with van der Waals surface area (Å²) >= 11 is 9.50.